The van der Waals surface area contributed by atoms with E-state index in [9.17, 15) is 4.39 Å². The summed E-state index contributed by atoms with van der Waals surface area (Å²) in [6.45, 7) is 1.26. The number of hydrogen-bond donors (Lipinski definition) is 0. The van der Waals surface area contributed by atoms with Crippen molar-refractivity contribution in [3.63, 3.8) is 0 Å². The fraction of sp³-hybridized carbons (Fsp3) is 0.300. The largest absolute Gasteiger partial charge is 0.497 e. The van der Waals surface area contributed by atoms with E-state index in [-0.39, 0.29) is 0 Å². The zero-order valence-corrected chi connectivity index (χ0v) is 8.36. The molecule has 1 aromatic rings. The van der Waals surface area contributed by atoms with Gasteiger partial charge in [-0.2, -0.15) is 0 Å². The number of rotatable bonds is 3. The fourth-order valence-corrected chi connectivity index (χ4v) is 1.23. The minimum Gasteiger partial charge on any atom is -0.497 e. The third-order valence-corrected chi connectivity index (χ3v) is 2.02. The van der Waals surface area contributed by atoms with E-state index in [1.165, 1.54) is 0 Å². The van der Waals surface area contributed by atoms with E-state index in [4.69, 9.17) is 16.3 Å². The molecule has 1 rings (SSSR count). The number of halogens is 2. The van der Waals surface area contributed by atoms with Crippen molar-refractivity contribution in [2.75, 3.05) is 13.8 Å². The highest BCUT2D eigenvalue weighted by atomic mass is 35.5. The predicted octanol–water partition coefficient (Wildman–Crippen LogP) is 3.26. The standard InChI is InChI=1S/C10H11ClFO/c1-7(6-12)8-3-9(11)5-10(4-8)13-2/h3-5H,6H2,1-2H3. The van der Waals surface area contributed by atoms with Gasteiger partial charge in [-0.1, -0.05) is 18.5 Å². The quantitative estimate of drug-likeness (QED) is 0.730. The first-order chi connectivity index (χ1) is 6.17. The van der Waals surface area contributed by atoms with Crippen LogP contribution in [-0.4, -0.2) is 13.8 Å². The highest BCUT2D eigenvalue weighted by Gasteiger charge is 2.08. The maximum atomic E-state index is 12.3. The number of ether oxygens (including phenoxy) is 1. The zero-order chi connectivity index (χ0) is 9.84. The summed E-state index contributed by atoms with van der Waals surface area (Å²) < 4.78 is 17.3. The van der Waals surface area contributed by atoms with Gasteiger partial charge in [0.2, 0.25) is 0 Å². The molecular formula is C10H11ClFO. The molecule has 0 fully saturated rings. The second-order valence-corrected chi connectivity index (χ2v) is 3.23. The number of alkyl halides is 1. The minimum absolute atomic E-state index is 0.469. The van der Waals surface area contributed by atoms with Crippen molar-refractivity contribution in [2.24, 2.45) is 0 Å². The molecular weight excluding hydrogens is 191 g/mol. The van der Waals surface area contributed by atoms with Gasteiger partial charge in [0, 0.05) is 10.9 Å². The van der Waals surface area contributed by atoms with E-state index in [2.05, 4.69) is 0 Å². The first-order valence-electron chi connectivity index (χ1n) is 3.90. The molecule has 0 spiro atoms. The molecule has 0 saturated carbocycles. The van der Waals surface area contributed by atoms with Gasteiger partial charge in [-0.25, -0.2) is 0 Å². The van der Waals surface area contributed by atoms with Crippen LogP contribution in [0.25, 0.3) is 0 Å². The third kappa shape index (κ3) is 2.59. The summed E-state index contributed by atoms with van der Waals surface area (Å²) in [6.07, 6.45) is 0. The van der Waals surface area contributed by atoms with Crippen LogP contribution in [0.15, 0.2) is 18.2 Å². The summed E-state index contributed by atoms with van der Waals surface area (Å²) in [7, 11) is 1.56. The van der Waals surface area contributed by atoms with Crippen LogP contribution in [0.3, 0.4) is 0 Å². The Hall–Kier alpha value is -0.760. The van der Waals surface area contributed by atoms with Crippen LogP contribution in [0.4, 0.5) is 4.39 Å². The van der Waals surface area contributed by atoms with Crippen molar-refractivity contribution in [2.45, 2.75) is 6.92 Å². The molecule has 0 amide bonds. The summed E-state index contributed by atoms with van der Waals surface area (Å²) >= 11 is 5.81. The topological polar surface area (TPSA) is 9.23 Å². The van der Waals surface area contributed by atoms with E-state index in [0.29, 0.717) is 16.7 Å². The first kappa shape index (κ1) is 10.3. The smallest absolute Gasteiger partial charge is 0.120 e. The molecule has 0 unspecified atom stereocenters. The third-order valence-electron chi connectivity index (χ3n) is 1.80. The highest BCUT2D eigenvalue weighted by molar-refractivity contribution is 6.30. The lowest BCUT2D eigenvalue weighted by atomic mass is 10.0. The van der Waals surface area contributed by atoms with Gasteiger partial charge in [0.1, 0.15) is 5.75 Å². The zero-order valence-electron chi connectivity index (χ0n) is 7.60. The van der Waals surface area contributed by atoms with Gasteiger partial charge in [0.25, 0.3) is 0 Å². The van der Waals surface area contributed by atoms with Crippen molar-refractivity contribution >= 4 is 11.6 Å². The molecule has 1 nitrogen and oxygen atoms in total. The molecule has 0 aliphatic carbocycles. The Morgan fingerprint density at radius 1 is 1.46 bits per heavy atom. The monoisotopic (exact) mass is 201 g/mol. The first-order valence-corrected chi connectivity index (χ1v) is 4.28. The Kier molecular flexibility index (Phi) is 3.55. The Bertz CT molecular complexity index is 288. The van der Waals surface area contributed by atoms with Crippen molar-refractivity contribution in [1.82, 2.24) is 0 Å². The molecule has 0 atom stereocenters. The summed E-state index contributed by atoms with van der Waals surface area (Å²) in [4.78, 5) is 0. The summed E-state index contributed by atoms with van der Waals surface area (Å²) in [5.74, 6) is 1.30. The Morgan fingerprint density at radius 2 is 2.15 bits per heavy atom. The molecule has 0 heterocycles. The van der Waals surface area contributed by atoms with Crippen LogP contribution < -0.4 is 4.74 Å². The average molecular weight is 202 g/mol. The van der Waals surface area contributed by atoms with Crippen LogP contribution in [0.1, 0.15) is 12.5 Å². The number of benzene rings is 1. The van der Waals surface area contributed by atoms with Crippen LogP contribution in [0.5, 0.6) is 5.75 Å². The van der Waals surface area contributed by atoms with Gasteiger partial charge in [-0.3, -0.25) is 4.39 Å². The molecule has 0 aliphatic heterocycles. The molecule has 3 heteroatoms. The van der Waals surface area contributed by atoms with Gasteiger partial charge < -0.3 is 4.74 Å². The number of hydrogen-bond acceptors (Lipinski definition) is 1. The maximum absolute atomic E-state index is 12.3. The fourth-order valence-electron chi connectivity index (χ4n) is 1.00. The van der Waals surface area contributed by atoms with Crippen molar-refractivity contribution in [1.29, 1.82) is 0 Å². The Balaban J connectivity index is 3.01. The van der Waals surface area contributed by atoms with Gasteiger partial charge in [0.05, 0.1) is 13.8 Å². The molecule has 0 aliphatic rings. The summed E-state index contributed by atoms with van der Waals surface area (Å²) in [5.41, 5.74) is 0.784. The lowest BCUT2D eigenvalue weighted by Gasteiger charge is -2.09. The second-order valence-electron chi connectivity index (χ2n) is 2.79. The van der Waals surface area contributed by atoms with Crippen LogP contribution in [-0.2, 0) is 0 Å². The second kappa shape index (κ2) is 4.47. The van der Waals surface area contributed by atoms with Gasteiger partial charge in [-0.15, -0.1) is 0 Å². The van der Waals surface area contributed by atoms with Gasteiger partial charge >= 0.3 is 0 Å². The van der Waals surface area contributed by atoms with Gasteiger partial charge in [0.15, 0.2) is 0 Å². The Morgan fingerprint density at radius 3 is 2.69 bits per heavy atom. The van der Waals surface area contributed by atoms with Crippen molar-refractivity contribution < 1.29 is 9.13 Å². The van der Waals surface area contributed by atoms with E-state index < -0.39 is 6.67 Å². The average Bonchev–Trinajstić information content (AvgIpc) is 2.15. The summed E-state index contributed by atoms with van der Waals surface area (Å²) in [6, 6.07) is 5.18. The van der Waals surface area contributed by atoms with E-state index >= 15 is 0 Å². The van der Waals surface area contributed by atoms with Crippen LogP contribution in [0.2, 0.25) is 5.02 Å². The lowest BCUT2D eigenvalue weighted by Crippen LogP contribution is -1.97. The number of methoxy groups -OCH3 is 1. The van der Waals surface area contributed by atoms with E-state index in [1.54, 1.807) is 32.2 Å². The van der Waals surface area contributed by atoms with E-state index in [1.807, 2.05) is 0 Å². The van der Waals surface area contributed by atoms with Crippen LogP contribution in [0, 0.1) is 5.92 Å². The molecule has 71 valence electrons. The minimum atomic E-state index is -0.469. The van der Waals surface area contributed by atoms with Crippen molar-refractivity contribution in [3.05, 3.63) is 34.7 Å². The highest BCUT2D eigenvalue weighted by Crippen LogP contribution is 2.25. The van der Waals surface area contributed by atoms with E-state index in [0.717, 1.165) is 5.56 Å². The van der Waals surface area contributed by atoms with Gasteiger partial charge in [-0.05, 0) is 23.8 Å². The predicted molar refractivity (Wildman–Crippen MR) is 52.0 cm³/mol. The van der Waals surface area contributed by atoms with Crippen LogP contribution >= 0.6 is 11.6 Å². The molecule has 0 aromatic heterocycles. The molecule has 0 saturated heterocycles. The molecule has 13 heavy (non-hydrogen) atoms. The maximum Gasteiger partial charge on any atom is 0.120 e. The molecule has 1 radical (unpaired) electrons. The lowest BCUT2D eigenvalue weighted by molar-refractivity contribution is 0.414. The normalized spacial score (nSPS) is 10.5. The molecule has 1 aromatic carbocycles. The summed E-state index contributed by atoms with van der Waals surface area (Å²) in [5, 5.41) is 0.558. The molecule has 0 bridgehead atoms. The van der Waals surface area contributed by atoms with Crippen molar-refractivity contribution in [3.8, 4) is 5.75 Å². The molecule has 0 N–H and O–H groups in total. The Labute approximate surface area is 82.5 Å². The SMILES string of the molecule is COc1cc(Cl)cc([C](C)CF)c1.